The predicted octanol–water partition coefficient (Wildman–Crippen LogP) is 1.93. The smallest absolute Gasteiger partial charge is 0.384 e. The first-order chi connectivity index (χ1) is 8.20. The molecule has 4 nitrogen and oxygen atoms in total. The van der Waals surface area contributed by atoms with Crippen molar-refractivity contribution in [3.8, 4) is 0 Å². The lowest BCUT2D eigenvalue weighted by Gasteiger charge is -2.36. The molecule has 4 atom stereocenters. The zero-order valence-corrected chi connectivity index (χ0v) is 12.3. The van der Waals surface area contributed by atoms with E-state index in [-0.39, 0.29) is 0 Å². The predicted molar refractivity (Wildman–Crippen MR) is 66.7 cm³/mol. The van der Waals surface area contributed by atoms with Crippen LogP contribution in [0.1, 0.15) is 19.3 Å². The molecule has 0 heterocycles. The van der Waals surface area contributed by atoms with Gasteiger partial charge in [0.1, 0.15) is 0 Å². The quantitative estimate of drug-likeness (QED) is 0.684. The van der Waals surface area contributed by atoms with E-state index in [0.717, 1.165) is 18.4 Å². The van der Waals surface area contributed by atoms with Gasteiger partial charge in [0, 0.05) is 40.6 Å². The van der Waals surface area contributed by atoms with Crippen LogP contribution in [0.5, 0.6) is 0 Å². The van der Waals surface area contributed by atoms with E-state index in [0.29, 0.717) is 11.5 Å². The number of rotatable bonds is 6. The lowest BCUT2D eigenvalue weighted by atomic mass is 9.89. The Morgan fingerprint density at radius 2 is 1.53 bits per heavy atom. The Kier molecular flexibility index (Phi) is 4.25. The van der Waals surface area contributed by atoms with Crippen molar-refractivity contribution in [3.63, 3.8) is 0 Å². The van der Waals surface area contributed by atoms with Crippen LogP contribution in [0.3, 0.4) is 0 Å². The SMILES string of the molecule is COCC1CC2CC1CC2[Si](OC)(OC)OC. The molecule has 2 rings (SSSR count). The third-order valence-electron chi connectivity index (χ3n) is 4.69. The molecule has 0 saturated heterocycles. The topological polar surface area (TPSA) is 36.9 Å². The van der Waals surface area contributed by atoms with Crippen molar-refractivity contribution in [2.24, 2.45) is 17.8 Å². The van der Waals surface area contributed by atoms with Crippen molar-refractivity contribution in [3.05, 3.63) is 0 Å². The molecule has 2 fully saturated rings. The van der Waals surface area contributed by atoms with E-state index in [1.54, 1.807) is 28.4 Å². The molecule has 5 heteroatoms. The second kappa shape index (κ2) is 5.36. The molecule has 2 aliphatic carbocycles. The normalized spacial score (nSPS) is 36.7. The Labute approximate surface area is 105 Å². The first kappa shape index (κ1) is 13.5. The van der Waals surface area contributed by atoms with Gasteiger partial charge in [0.2, 0.25) is 0 Å². The fraction of sp³-hybridized carbons (Fsp3) is 1.00. The van der Waals surface area contributed by atoms with Gasteiger partial charge in [0.25, 0.3) is 0 Å². The van der Waals surface area contributed by atoms with Gasteiger partial charge >= 0.3 is 8.80 Å². The van der Waals surface area contributed by atoms with Gasteiger partial charge in [0.15, 0.2) is 0 Å². The van der Waals surface area contributed by atoms with Crippen LogP contribution in [0.15, 0.2) is 0 Å². The summed E-state index contributed by atoms with van der Waals surface area (Å²) in [6.07, 6.45) is 3.72. The fourth-order valence-corrected chi connectivity index (χ4v) is 6.80. The summed E-state index contributed by atoms with van der Waals surface area (Å²) in [6.45, 7) is 0.898. The fourth-order valence-electron chi connectivity index (χ4n) is 3.95. The van der Waals surface area contributed by atoms with Crippen LogP contribution >= 0.6 is 0 Å². The molecule has 0 aromatic rings. The minimum absolute atomic E-state index is 0.487. The molecule has 4 unspecified atom stereocenters. The van der Waals surface area contributed by atoms with Crippen LogP contribution in [-0.4, -0.2) is 43.9 Å². The highest BCUT2D eigenvalue weighted by Gasteiger charge is 2.59. The second-order valence-corrected chi connectivity index (χ2v) is 8.44. The van der Waals surface area contributed by atoms with Crippen LogP contribution in [0, 0.1) is 17.8 Å². The number of methoxy groups -OCH3 is 1. The van der Waals surface area contributed by atoms with Gasteiger partial charge in [-0.1, -0.05) is 0 Å². The third-order valence-corrected chi connectivity index (χ3v) is 8.01. The first-order valence-electron chi connectivity index (χ1n) is 6.35. The second-order valence-electron chi connectivity index (χ2n) is 5.27. The zero-order valence-electron chi connectivity index (χ0n) is 11.3. The Morgan fingerprint density at radius 3 is 1.94 bits per heavy atom. The standard InChI is InChI=1S/C12H24O4Si/c1-13-8-11-6-10-5-9(11)7-12(10)17(14-2,15-3)16-4/h9-12H,5-8H2,1-4H3. The number of hydrogen-bond acceptors (Lipinski definition) is 4. The van der Waals surface area contributed by atoms with Crippen molar-refractivity contribution >= 4 is 8.80 Å². The van der Waals surface area contributed by atoms with E-state index < -0.39 is 8.80 Å². The van der Waals surface area contributed by atoms with Crippen molar-refractivity contribution in [1.29, 1.82) is 0 Å². The van der Waals surface area contributed by atoms with E-state index in [1.165, 1.54) is 19.3 Å². The van der Waals surface area contributed by atoms with E-state index >= 15 is 0 Å². The van der Waals surface area contributed by atoms with Crippen LogP contribution in [0.2, 0.25) is 5.54 Å². The maximum atomic E-state index is 5.63. The lowest BCUT2D eigenvalue weighted by Crippen LogP contribution is -2.49. The average Bonchev–Trinajstić information content (AvgIpc) is 2.93. The highest BCUT2D eigenvalue weighted by Crippen LogP contribution is 2.58. The van der Waals surface area contributed by atoms with Crippen molar-refractivity contribution in [2.75, 3.05) is 35.0 Å². The van der Waals surface area contributed by atoms with Gasteiger partial charge in [-0.05, 0) is 37.0 Å². The Balaban J connectivity index is 2.03. The summed E-state index contributed by atoms with van der Waals surface area (Å²) in [5.41, 5.74) is 0.487. The molecular formula is C12H24O4Si. The molecule has 0 spiro atoms. The highest BCUT2D eigenvalue weighted by molar-refractivity contribution is 6.62. The molecule has 0 amide bonds. The van der Waals surface area contributed by atoms with E-state index in [4.69, 9.17) is 18.0 Å². The minimum Gasteiger partial charge on any atom is -0.384 e. The maximum absolute atomic E-state index is 5.63. The van der Waals surface area contributed by atoms with Gasteiger partial charge in [0.05, 0.1) is 0 Å². The van der Waals surface area contributed by atoms with E-state index in [2.05, 4.69) is 0 Å². The summed E-state index contributed by atoms with van der Waals surface area (Å²) in [5, 5.41) is 0. The number of hydrogen-bond donors (Lipinski definition) is 0. The minimum atomic E-state index is -2.43. The molecule has 2 aliphatic rings. The van der Waals surface area contributed by atoms with Gasteiger partial charge in [-0.3, -0.25) is 0 Å². The summed E-state index contributed by atoms with van der Waals surface area (Å²) < 4.78 is 22.2. The summed E-state index contributed by atoms with van der Waals surface area (Å²) in [7, 11) is 4.52. The third kappa shape index (κ3) is 2.19. The molecule has 2 saturated carbocycles. The van der Waals surface area contributed by atoms with Gasteiger partial charge < -0.3 is 18.0 Å². The maximum Gasteiger partial charge on any atom is 0.503 e. The summed E-state index contributed by atoms with van der Waals surface area (Å²) in [4.78, 5) is 0. The van der Waals surface area contributed by atoms with Crippen LogP contribution in [0.25, 0.3) is 0 Å². The molecule has 0 radical (unpaired) electrons. The Morgan fingerprint density at radius 1 is 0.882 bits per heavy atom. The molecule has 0 aliphatic heterocycles. The Hall–Kier alpha value is 0.0569. The van der Waals surface area contributed by atoms with Crippen molar-refractivity contribution in [1.82, 2.24) is 0 Å². The van der Waals surface area contributed by atoms with Gasteiger partial charge in [-0.15, -0.1) is 0 Å². The van der Waals surface area contributed by atoms with Crippen LogP contribution in [-0.2, 0) is 18.0 Å². The monoisotopic (exact) mass is 260 g/mol. The zero-order chi connectivity index (χ0) is 12.5. The van der Waals surface area contributed by atoms with E-state index in [1.807, 2.05) is 0 Å². The van der Waals surface area contributed by atoms with Gasteiger partial charge in [-0.25, -0.2) is 0 Å². The summed E-state index contributed by atoms with van der Waals surface area (Å²) >= 11 is 0. The van der Waals surface area contributed by atoms with Gasteiger partial charge in [-0.2, -0.15) is 0 Å². The summed E-state index contributed by atoms with van der Waals surface area (Å²) in [6, 6.07) is 0. The lowest BCUT2D eigenvalue weighted by molar-refractivity contribution is 0.0849. The van der Waals surface area contributed by atoms with Crippen LogP contribution in [0.4, 0.5) is 0 Å². The largest absolute Gasteiger partial charge is 0.503 e. The number of ether oxygens (including phenoxy) is 1. The first-order valence-corrected chi connectivity index (χ1v) is 8.15. The molecule has 0 aromatic carbocycles. The van der Waals surface area contributed by atoms with Crippen molar-refractivity contribution < 1.29 is 18.0 Å². The molecular weight excluding hydrogens is 236 g/mol. The van der Waals surface area contributed by atoms with Crippen LogP contribution < -0.4 is 0 Å². The van der Waals surface area contributed by atoms with E-state index in [9.17, 15) is 0 Å². The average molecular weight is 260 g/mol. The Bertz CT molecular complexity index is 249. The molecule has 0 aromatic heterocycles. The number of fused-ring (bicyclic) bond motifs is 2. The summed E-state index contributed by atoms with van der Waals surface area (Å²) in [5.74, 6) is 2.21. The van der Waals surface area contributed by atoms with Crippen molar-refractivity contribution in [2.45, 2.75) is 24.8 Å². The molecule has 2 bridgehead atoms. The molecule has 17 heavy (non-hydrogen) atoms. The molecule has 0 N–H and O–H groups in total. The molecule has 100 valence electrons. The highest BCUT2D eigenvalue weighted by atomic mass is 28.4.